The van der Waals surface area contributed by atoms with E-state index in [1.165, 1.54) is 5.69 Å². The van der Waals surface area contributed by atoms with Crippen molar-refractivity contribution in [2.24, 2.45) is 7.05 Å². The number of benzene rings is 1. The van der Waals surface area contributed by atoms with Crippen LogP contribution in [-0.2, 0) is 13.6 Å². The number of nitrogens with zero attached hydrogens (tertiary/aromatic N) is 2. The molecule has 0 radical (unpaired) electrons. The second-order valence-corrected chi connectivity index (χ2v) is 4.59. The van der Waals surface area contributed by atoms with Gasteiger partial charge < -0.3 is 9.88 Å². The maximum Gasteiger partial charge on any atom is 0.139 e. The van der Waals surface area contributed by atoms with Crippen LogP contribution >= 0.6 is 15.9 Å². The van der Waals surface area contributed by atoms with Gasteiger partial charge in [0.1, 0.15) is 5.82 Å². The van der Waals surface area contributed by atoms with Gasteiger partial charge in [-0.25, -0.2) is 4.98 Å². The minimum Gasteiger partial charge on any atom is -0.330 e. The number of nitrogens with one attached hydrogen (secondary N) is 1. The van der Waals surface area contributed by atoms with Crippen LogP contribution in [0.1, 0.15) is 5.69 Å². The molecule has 0 aliphatic carbocycles. The van der Waals surface area contributed by atoms with E-state index in [-0.39, 0.29) is 0 Å². The van der Waals surface area contributed by atoms with Crippen molar-refractivity contribution < 1.29 is 0 Å². The van der Waals surface area contributed by atoms with Crippen LogP contribution in [0.3, 0.4) is 0 Å². The predicted molar refractivity (Wildman–Crippen MR) is 69.1 cm³/mol. The average molecular weight is 280 g/mol. The van der Waals surface area contributed by atoms with Crippen molar-refractivity contribution in [3.05, 3.63) is 40.6 Å². The SMILES string of the molecule is CNCc1cnc(-c2cccc(Br)c2)n1C. The number of aromatic nitrogens is 2. The van der Waals surface area contributed by atoms with Crippen LogP contribution in [0.4, 0.5) is 0 Å². The predicted octanol–water partition coefficient (Wildman–Crippen LogP) is 2.57. The number of imidazole rings is 1. The van der Waals surface area contributed by atoms with Crippen molar-refractivity contribution in [2.75, 3.05) is 7.05 Å². The topological polar surface area (TPSA) is 29.9 Å². The molecule has 1 aromatic carbocycles. The quantitative estimate of drug-likeness (QED) is 0.936. The monoisotopic (exact) mass is 279 g/mol. The molecule has 0 atom stereocenters. The lowest BCUT2D eigenvalue weighted by molar-refractivity contribution is 0.737. The van der Waals surface area contributed by atoms with Crippen molar-refractivity contribution in [2.45, 2.75) is 6.54 Å². The summed E-state index contributed by atoms with van der Waals surface area (Å²) in [5, 5.41) is 3.13. The van der Waals surface area contributed by atoms with E-state index in [2.05, 4.69) is 42.9 Å². The highest BCUT2D eigenvalue weighted by Gasteiger charge is 2.07. The van der Waals surface area contributed by atoms with Gasteiger partial charge in [-0.05, 0) is 19.2 Å². The fraction of sp³-hybridized carbons (Fsp3) is 0.250. The lowest BCUT2D eigenvalue weighted by atomic mass is 10.2. The fourth-order valence-corrected chi connectivity index (χ4v) is 2.09. The van der Waals surface area contributed by atoms with Crippen LogP contribution in [-0.4, -0.2) is 16.6 Å². The molecule has 0 saturated carbocycles. The van der Waals surface area contributed by atoms with Crippen LogP contribution in [0.5, 0.6) is 0 Å². The van der Waals surface area contributed by atoms with E-state index in [1.54, 1.807) is 0 Å². The minimum absolute atomic E-state index is 0.831. The first-order chi connectivity index (χ1) is 7.72. The summed E-state index contributed by atoms with van der Waals surface area (Å²) in [5.41, 5.74) is 2.30. The first kappa shape index (κ1) is 11.4. The summed E-state index contributed by atoms with van der Waals surface area (Å²) in [4.78, 5) is 4.45. The van der Waals surface area contributed by atoms with Gasteiger partial charge in [0.05, 0.1) is 11.9 Å². The van der Waals surface area contributed by atoms with Crippen LogP contribution < -0.4 is 5.32 Å². The molecule has 2 aromatic rings. The highest BCUT2D eigenvalue weighted by atomic mass is 79.9. The Morgan fingerprint density at radius 3 is 2.94 bits per heavy atom. The number of halogens is 1. The maximum atomic E-state index is 4.45. The average Bonchev–Trinajstić information content (AvgIpc) is 2.61. The molecule has 0 fully saturated rings. The maximum absolute atomic E-state index is 4.45. The number of hydrogen-bond donors (Lipinski definition) is 1. The van der Waals surface area contributed by atoms with Gasteiger partial charge in [-0.1, -0.05) is 28.1 Å². The van der Waals surface area contributed by atoms with Gasteiger partial charge in [0.2, 0.25) is 0 Å². The third kappa shape index (κ3) is 2.18. The number of rotatable bonds is 3. The van der Waals surface area contributed by atoms with Crippen molar-refractivity contribution in [1.82, 2.24) is 14.9 Å². The molecule has 0 unspecified atom stereocenters. The Kier molecular flexibility index (Phi) is 3.41. The molecule has 84 valence electrons. The van der Waals surface area contributed by atoms with Gasteiger partial charge in [-0.2, -0.15) is 0 Å². The zero-order chi connectivity index (χ0) is 11.5. The molecule has 0 aliphatic heterocycles. The zero-order valence-corrected chi connectivity index (χ0v) is 11.0. The molecule has 1 heterocycles. The second kappa shape index (κ2) is 4.80. The Labute approximate surface area is 104 Å². The molecule has 3 nitrogen and oxygen atoms in total. The Hall–Kier alpha value is -1.13. The molecular weight excluding hydrogens is 266 g/mol. The van der Waals surface area contributed by atoms with Gasteiger partial charge in [0, 0.05) is 23.6 Å². The van der Waals surface area contributed by atoms with Crippen molar-refractivity contribution in [1.29, 1.82) is 0 Å². The van der Waals surface area contributed by atoms with E-state index < -0.39 is 0 Å². The third-order valence-corrected chi connectivity index (χ3v) is 3.02. The normalized spacial score (nSPS) is 10.7. The highest BCUT2D eigenvalue weighted by molar-refractivity contribution is 9.10. The molecule has 0 spiro atoms. The summed E-state index contributed by atoms with van der Waals surface area (Å²) in [5.74, 6) is 0.992. The summed E-state index contributed by atoms with van der Waals surface area (Å²) in [7, 11) is 3.97. The standard InChI is InChI=1S/C12H14BrN3/c1-14-7-11-8-15-12(16(11)2)9-4-3-5-10(13)6-9/h3-6,8,14H,7H2,1-2H3. The molecule has 16 heavy (non-hydrogen) atoms. The van der Waals surface area contributed by atoms with Gasteiger partial charge in [0.15, 0.2) is 0 Å². The minimum atomic E-state index is 0.831. The Morgan fingerprint density at radius 2 is 2.25 bits per heavy atom. The van der Waals surface area contributed by atoms with E-state index in [1.807, 2.05) is 32.4 Å². The van der Waals surface area contributed by atoms with Crippen LogP contribution in [0.25, 0.3) is 11.4 Å². The van der Waals surface area contributed by atoms with Gasteiger partial charge in [0.25, 0.3) is 0 Å². The molecule has 1 N–H and O–H groups in total. The summed E-state index contributed by atoms with van der Waals surface area (Å²) in [6, 6.07) is 8.18. The summed E-state index contributed by atoms with van der Waals surface area (Å²) < 4.78 is 3.18. The van der Waals surface area contributed by atoms with Crippen LogP contribution in [0.2, 0.25) is 0 Å². The van der Waals surface area contributed by atoms with Crippen molar-refractivity contribution >= 4 is 15.9 Å². The van der Waals surface area contributed by atoms with E-state index in [0.717, 1.165) is 22.4 Å². The van der Waals surface area contributed by atoms with E-state index in [9.17, 15) is 0 Å². The zero-order valence-electron chi connectivity index (χ0n) is 9.37. The Bertz CT molecular complexity index is 491. The van der Waals surface area contributed by atoms with E-state index in [4.69, 9.17) is 0 Å². The third-order valence-electron chi connectivity index (χ3n) is 2.53. The highest BCUT2D eigenvalue weighted by Crippen LogP contribution is 2.22. The van der Waals surface area contributed by atoms with Gasteiger partial charge in [-0.3, -0.25) is 0 Å². The first-order valence-corrected chi connectivity index (χ1v) is 5.93. The molecular formula is C12H14BrN3. The van der Waals surface area contributed by atoms with E-state index in [0.29, 0.717) is 0 Å². The Balaban J connectivity index is 2.41. The molecule has 0 aliphatic rings. The molecule has 0 bridgehead atoms. The van der Waals surface area contributed by atoms with Crippen molar-refractivity contribution in [3.8, 4) is 11.4 Å². The molecule has 4 heteroatoms. The largest absolute Gasteiger partial charge is 0.330 e. The smallest absolute Gasteiger partial charge is 0.139 e. The number of hydrogen-bond acceptors (Lipinski definition) is 2. The molecule has 1 aromatic heterocycles. The summed E-state index contributed by atoms with van der Waals surface area (Å²) in [6.07, 6.45) is 1.91. The van der Waals surface area contributed by atoms with Gasteiger partial charge in [-0.15, -0.1) is 0 Å². The molecule has 0 saturated heterocycles. The van der Waals surface area contributed by atoms with Gasteiger partial charge >= 0.3 is 0 Å². The second-order valence-electron chi connectivity index (χ2n) is 3.67. The van der Waals surface area contributed by atoms with Crippen LogP contribution in [0, 0.1) is 0 Å². The van der Waals surface area contributed by atoms with E-state index >= 15 is 0 Å². The van der Waals surface area contributed by atoms with Crippen LogP contribution in [0.15, 0.2) is 34.9 Å². The molecule has 2 rings (SSSR count). The molecule has 0 amide bonds. The van der Waals surface area contributed by atoms with Crippen molar-refractivity contribution in [3.63, 3.8) is 0 Å². The lowest BCUT2D eigenvalue weighted by Crippen LogP contribution is -2.09. The summed E-state index contributed by atoms with van der Waals surface area (Å²) >= 11 is 3.47. The summed E-state index contributed by atoms with van der Waals surface area (Å²) in [6.45, 7) is 0.831. The lowest BCUT2D eigenvalue weighted by Gasteiger charge is -2.05. The Morgan fingerprint density at radius 1 is 1.44 bits per heavy atom. The first-order valence-electron chi connectivity index (χ1n) is 5.13. The fourth-order valence-electron chi connectivity index (χ4n) is 1.69.